The molecule has 4 rings (SSSR count). The van der Waals surface area contributed by atoms with Crippen LogP contribution in [-0.2, 0) is 9.59 Å². The summed E-state index contributed by atoms with van der Waals surface area (Å²) >= 11 is 0. The molecule has 1 aliphatic heterocycles. The highest BCUT2D eigenvalue weighted by Gasteiger charge is 2.41. The molecule has 2 amide bonds. The summed E-state index contributed by atoms with van der Waals surface area (Å²) in [7, 11) is 0. The number of nitrogens with one attached hydrogen (secondary N) is 1. The summed E-state index contributed by atoms with van der Waals surface area (Å²) < 4.78 is 27.7. The van der Waals surface area contributed by atoms with Crippen molar-refractivity contribution >= 4 is 28.8 Å². The molecule has 6 heteroatoms. The van der Waals surface area contributed by atoms with E-state index < -0.39 is 23.4 Å². The Balaban J connectivity index is 1.85. The zero-order valence-corrected chi connectivity index (χ0v) is 15.4. The highest BCUT2D eigenvalue weighted by Crippen LogP contribution is 2.34. The van der Waals surface area contributed by atoms with Crippen LogP contribution in [0.3, 0.4) is 0 Å². The molecule has 1 N–H and O–H groups in total. The monoisotopic (exact) mass is 390 g/mol. The maximum Gasteiger partial charge on any atom is 0.282 e. The molecular formula is C23H16F2N2O2. The third-order valence-corrected chi connectivity index (χ3v) is 4.60. The van der Waals surface area contributed by atoms with Crippen molar-refractivity contribution in [2.24, 2.45) is 0 Å². The number of rotatable bonds is 4. The van der Waals surface area contributed by atoms with E-state index in [2.05, 4.69) is 5.32 Å². The maximum absolute atomic E-state index is 14.3. The van der Waals surface area contributed by atoms with Gasteiger partial charge in [0, 0.05) is 5.69 Å². The maximum atomic E-state index is 14.3. The Morgan fingerprint density at radius 2 is 1.55 bits per heavy atom. The van der Waals surface area contributed by atoms with Crippen LogP contribution in [0.25, 0.3) is 5.57 Å². The highest BCUT2D eigenvalue weighted by atomic mass is 19.1. The number of halogens is 2. The van der Waals surface area contributed by atoms with Crippen molar-refractivity contribution in [2.45, 2.75) is 6.92 Å². The van der Waals surface area contributed by atoms with E-state index in [0.29, 0.717) is 11.3 Å². The van der Waals surface area contributed by atoms with Crippen molar-refractivity contribution in [2.75, 3.05) is 10.2 Å². The molecule has 0 saturated carbocycles. The molecule has 1 heterocycles. The number of para-hydroxylation sites is 1. The normalized spacial score (nSPS) is 14.0. The van der Waals surface area contributed by atoms with Gasteiger partial charge in [0.2, 0.25) is 0 Å². The summed E-state index contributed by atoms with van der Waals surface area (Å²) in [6.45, 7) is 1.90. The van der Waals surface area contributed by atoms with Gasteiger partial charge in [0.1, 0.15) is 17.3 Å². The number of anilines is 2. The van der Waals surface area contributed by atoms with Crippen LogP contribution in [-0.4, -0.2) is 11.8 Å². The fourth-order valence-corrected chi connectivity index (χ4v) is 3.25. The standard InChI is InChI=1S/C23H16F2N2O2/c1-14-5-4-6-17(13-14)26-21-20(15-9-11-16(24)12-10-15)22(28)27(23(21)29)19-8-3-2-7-18(19)25/h2-13,26H,1H3. The minimum absolute atomic E-state index is 0.00969. The largest absolute Gasteiger partial charge is 0.350 e. The van der Waals surface area contributed by atoms with E-state index in [9.17, 15) is 18.4 Å². The average molecular weight is 390 g/mol. The molecule has 0 saturated heterocycles. The number of hydrogen-bond acceptors (Lipinski definition) is 3. The second-order valence-corrected chi connectivity index (χ2v) is 6.65. The van der Waals surface area contributed by atoms with Crippen molar-refractivity contribution in [3.63, 3.8) is 0 Å². The number of benzene rings is 3. The van der Waals surface area contributed by atoms with Gasteiger partial charge in [-0.3, -0.25) is 9.59 Å². The van der Waals surface area contributed by atoms with E-state index in [-0.39, 0.29) is 17.0 Å². The summed E-state index contributed by atoms with van der Waals surface area (Å²) in [5.74, 6) is -2.52. The third-order valence-electron chi connectivity index (χ3n) is 4.60. The lowest BCUT2D eigenvalue weighted by molar-refractivity contribution is -0.120. The third kappa shape index (κ3) is 3.40. The number of hydrogen-bond donors (Lipinski definition) is 1. The molecule has 0 spiro atoms. The number of carbonyl (C=O) groups excluding carboxylic acids is 2. The predicted molar refractivity (Wildman–Crippen MR) is 107 cm³/mol. The van der Waals surface area contributed by atoms with Gasteiger partial charge >= 0.3 is 0 Å². The van der Waals surface area contributed by atoms with Crippen molar-refractivity contribution in [3.05, 3.63) is 101 Å². The van der Waals surface area contributed by atoms with Gasteiger partial charge in [0.25, 0.3) is 11.8 Å². The molecule has 3 aromatic carbocycles. The Morgan fingerprint density at radius 1 is 0.828 bits per heavy atom. The Labute approximate surface area is 166 Å². The SMILES string of the molecule is Cc1cccc(NC2=C(c3ccc(F)cc3)C(=O)N(c3ccccc3F)C2=O)c1. The van der Waals surface area contributed by atoms with Crippen LogP contribution in [0.4, 0.5) is 20.2 Å². The number of amides is 2. The van der Waals surface area contributed by atoms with Gasteiger partial charge < -0.3 is 5.32 Å². The van der Waals surface area contributed by atoms with Gasteiger partial charge in [-0.1, -0.05) is 36.4 Å². The molecule has 0 radical (unpaired) electrons. The first-order valence-electron chi connectivity index (χ1n) is 8.93. The van der Waals surface area contributed by atoms with Crippen LogP contribution in [0.5, 0.6) is 0 Å². The Morgan fingerprint density at radius 3 is 2.24 bits per heavy atom. The van der Waals surface area contributed by atoms with Crippen LogP contribution in [0, 0.1) is 18.6 Å². The Kier molecular flexibility index (Phi) is 4.68. The van der Waals surface area contributed by atoms with Crippen LogP contribution in [0.1, 0.15) is 11.1 Å². The summed E-state index contributed by atoms with van der Waals surface area (Å²) in [5, 5.41) is 3.00. The lowest BCUT2D eigenvalue weighted by atomic mass is 10.0. The van der Waals surface area contributed by atoms with Gasteiger partial charge in [-0.25, -0.2) is 13.7 Å². The van der Waals surface area contributed by atoms with E-state index >= 15 is 0 Å². The molecule has 0 atom stereocenters. The zero-order chi connectivity index (χ0) is 20.5. The van der Waals surface area contributed by atoms with Crippen molar-refractivity contribution < 1.29 is 18.4 Å². The van der Waals surface area contributed by atoms with Crippen LogP contribution in [0.2, 0.25) is 0 Å². The average Bonchev–Trinajstić information content (AvgIpc) is 2.93. The van der Waals surface area contributed by atoms with Gasteiger partial charge in [0.15, 0.2) is 0 Å². The molecule has 1 aliphatic rings. The van der Waals surface area contributed by atoms with Gasteiger partial charge in [0.05, 0.1) is 11.3 Å². The lowest BCUT2D eigenvalue weighted by Gasteiger charge is -2.16. The molecule has 0 fully saturated rings. The molecule has 0 aliphatic carbocycles. The summed E-state index contributed by atoms with van der Waals surface area (Å²) in [6.07, 6.45) is 0. The quantitative estimate of drug-likeness (QED) is 0.659. The minimum atomic E-state index is -0.690. The van der Waals surface area contributed by atoms with E-state index in [1.165, 1.54) is 42.5 Å². The van der Waals surface area contributed by atoms with Crippen LogP contribution >= 0.6 is 0 Å². The molecule has 0 aromatic heterocycles. The van der Waals surface area contributed by atoms with E-state index in [1.807, 2.05) is 25.1 Å². The van der Waals surface area contributed by atoms with Crippen LogP contribution in [0.15, 0.2) is 78.5 Å². The number of imide groups is 1. The minimum Gasteiger partial charge on any atom is -0.350 e. The molecule has 29 heavy (non-hydrogen) atoms. The van der Waals surface area contributed by atoms with Crippen molar-refractivity contribution in [1.82, 2.24) is 0 Å². The Bertz CT molecular complexity index is 1150. The summed E-state index contributed by atoms with van der Waals surface area (Å²) in [4.78, 5) is 27.1. The first-order chi connectivity index (χ1) is 14.0. The summed E-state index contributed by atoms with van der Waals surface area (Å²) in [6, 6.07) is 18.1. The van der Waals surface area contributed by atoms with Gasteiger partial charge in [-0.2, -0.15) is 0 Å². The molecule has 144 valence electrons. The highest BCUT2D eigenvalue weighted by molar-refractivity contribution is 6.46. The molecular weight excluding hydrogens is 374 g/mol. The van der Waals surface area contributed by atoms with Crippen LogP contribution < -0.4 is 10.2 Å². The second-order valence-electron chi connectivity index (χ2n) is 6.65. The second kappa shape index (κ2) is 7.31. The first kappa shape index (κ1) is 18.6. The zero-order valence-electron chi connectivity index (χ0n) is 15.4. The van der Waals surface area contributed by atoms with Crippen molar-refractivity contribution in [1.29, 1.82) is 0 Å². The van der Waals surface area contributed by atoms with E-state index in [1.54, 1.807) is 12.1 Å². The first-order valence-corrected chi connectivity index (χ1v) is 8.93. The number of aryl methyl sites for hydroxylation is 1. The van der Waals surface area contributed by atoms with Crippen molar-refractivity contribution in [3.8, 4) is 0 Å². The number of nitrogens with zero attached hydrogens (tertiary/aromatic N) is 1. The fourth-order valence-electron chi connectivity index (χ4n) is 3.25. The summed E-state index contributed by atoms with van der Waals surface area (Å²) in [5.41, 5.74) is 1.86. The van der Waals surface area contributed by atoms with E-state index in [0.717, 1.165) is 10.5 Å². The topological polar surface area (TPSA) is 49.4 Å². The number of carbonyl (C=O) groups is 2. The lowest BCUT2D eigenvalue weighted by Crippen LogP contribution is -2.33. The molecule has 0 bridgehead atoms. The van der Waals surface area contributed by atoms with Gasteiger partial charge in [-0.05, 0) is 54.4 Å². The molecule has 0 unspecified atom stereocenters. The van der Waals surface area contributed by atoms with E-state index in [4.69, 9.17) is 0 Å². The molecule has 3 aromatic rings. The Hall–Kier alpha value is -3.80. The molecule has 4 nitrogen and oxygen atoms in total. The smallest absolute Gasteiger partial charge is 0.282 e. The van der Waals surface area contributed by atoms with Gasteiger partial charge in [-0.15, -0.1) is 0 Å². The fraction of sp³-hybridized carbons (Fsp3) is 0.0435. The predicted octanol–water partition coefficient (Wildman–Crippen LogP) is 4.67.